The zero-order chi connectivity index (χ0) is 12.8. The number of hydrogen-bond donors (Lipinski definition) is 1. The van der Waals surface area contributed by atoms with E-state index >= 15 is 0 Å². The molecule has 0 aromatic rings. The Morgan fingerprint density at radius 2 is 1.65 bits per heavy atom. The number of nitrogens with one attached hydrogen (secondary N) is 1. The quantitative estimate of drug-likeness (QED) is 0.865. The molecule has 114 valence electrons. The zero-order valence-corrected chi connectivity index (χ0v) is 13.0. The lowest BCUT2D eigenvalue weighted by molar-refractivity contribution is -0.133. The maximum absolute atomic E-state index is 12.5. The van der Waals surface area contributed by atoms with Crippen molar-refractivity contribution < 1.29 is 4.79 Å². The molecule has 5 rings (SSSR count). The summed E-state index contributed by atoms with van der Waals surface area (Å²) < 4.78 is 0. The van der Waals surface area contributed by atoms with Crippen LogP contribution in [0, 0.1) is 23.7 Å². The fraction of sp³-hybridized carbons (Fsp3) is 0.938. The normalized spacial score (nSPS) is 38.5. The van der Waals surface area contributed by atoms with Crippen LogP contribution in [0.3, 0.4) is 0 Å². The molecule has 4 bridgehead atoms. The van der Waals surface area contributed by atoms with E-state index in [0.29, 0.717) is 18.5 Å². The van der Waals surface area contributed by atoms with Crippen LogP contribution in [0.15, 0.2) is 0 Å². The van der Waals surface area contributed by atoms with Gasteiger partial charge in [0.15, 0.2) is 0 Å². The van der Waals surface area contributed by atoms with Crippen molar-refractivity contribution >= 4 is 18.3 Å². The third-order valence-electron chi connectivity index (χ3n) is 5.83. The first-order valence-corrected chi connectivity index (χ1v) is 8.28. The maximum Gasteiger partial charge on any atom is 0.236 e. The summed E-state index contributed by atoms with van der Waals surface area (Å²) in [5.74, 6) is 3.91. The first kappa shape index (κ1) is 14.6. The average molecular weight is 299 g/mol. The summed E-state index contributed by atoms with van der Waals surface area (Å²) in [5, 5.41) is 3.38. The molecule has 2 aliphatic heterocycles. The molecule has 2 atom stereocenters. The maximum atomic E-state index is 12.5. The minimum Gasteiger partial charge on any atom is -0.338 e. The number of halogens is 1. The van der Waals surface area contributed by atoms with Crippen LogP contribution < -0.4 is 5.32 Å². The predicted molar refractivity (Wildman–Crippen MR) is 81.9 cm³/mol. The van der Waals surface area contributed by atoms with Crippen LogP contribution in [0.4, 0.5) is 0 Å². The Bertz CT molecular complexity index is 357. The van der Waals surface area contributed by atoms with Gasteiger partial charge in [-0.1, -0.05) is 0 Å². The van der Waals surface area contributed by atoms with Gasteiger partial charge in [0.2, 0.25) is 5.91 Å². The Balaban J connectivity index is 0.00000121. The number of carbonyl (C=O) groups is 1. The summed E-state index contributed by atoms with van der Waals surface area (Å²) in [4.78, 5) is 14.7. The molecule has 20 heavy (non-hydrogen) atoms. The van der Waals surface area contributed by atoms with E-state index < -0.39 is 0 Å². The molecule has 0 spiro atoms. The van der Waals surface area contributed by atoms with Gasteiger partial charge in [0, 0.05) is 12.6 Å². The third-order valence-corrected chi connectivity index (χ3v) is 5.83. The molecule has 2 saturated heterocycles. The summed E-state index contributed by atoms with van der Waals surface area (Å²) in [7, 11) is 0. The third kappa shape index (κ3) is 2.99. The standard InChI is InChI=1S/C16H26N2O.ClH/c19-16(9-17-8-11-1-2-11)18-10-14-4-12-3-13(5-14)7-15(18)6-12;/h11-15,17H,1-10H2;1H. The minimum absolute atomic E-state index is 0. The Hall–Kier alpha value is -0.280. The van der Waals surface area contributed by atoms with Gasteiger partial charge in [0.1, 0.15) is 0 Å². The molecule has 3 nitrogen and oxygen atoms in total. The highest BCUT2D eigenvalue weighted by molar-refractivity contribution is 5.85. The van der Waals surface area contributed by atoms with Crippen molar-refractivity contribution in [2.75, 3.05) is 19.6 Å². The van der Waals surface area contributed by atoms with Gasteiger partial charge < -0.3 is 10.2 Å². The first-order valence-electron chi connectivity index (χ1n) is 8.28. The molecule has 0 aromatic heterocycles. The summed E-state index contributed by atoms with van der Waals surface area (Å²) in [6, 6.07) is 0.575. The van der Waals surface area contributed by atoms with Crippen molar-refractivity contribution in [1.29, 1.82) is 0 Å². The fourth-order valence-electron chi connectivity index (χ4n) is 4.90. The van der Waals surface area contributed by atoms with Crippen molar-refractivity contribution in [1.82, 2.24) is 10.2 Å². The molecular weight excluding hydrogens is 272 g/mol. The van der Waals surface area contributed by atoms with Crippen LogP contribution in [-0.4, -0.2) is 36.5 Å². The lowest BCUT2D eigenvalue weighted by atomic mass is 9.68. The summed E-state index contributed by atoms with van der Waals surface area (Å²) in [6.07, 6.45) is 9.55. The van der Waals surface area contributed by atoms with Crippen LogP contribution >= 0.6 is 12.4 Å². The van der Waals surface area contributed by atoms with E-state index in [2.05, 4.69) is 10.2 Å². The Morgan fingerprint density at radius 3 is 2.30 bits per heavy atom. The van der Waals surface area contributed by atoms with E-state index in [9.17, 15) is 4.79 Å². The first-order chi connectivity index (χ1) is 9.28. The zero-order valence-electron chi connectivity index (χ0n) is 12.2. The van der Waals surface area contributed by atoms with Crippen LogP contribution in [0.25, 0.3) is 0 Å². The summed E-state index contributed by atoms with van der Waals surface area (Å²) in [5.41, 5.74) is 0. The van der Waals surface area contributed by atoms with Gasteiger partial charge in [-0.2, -0.15) is 0 Å². The van der Waals surface area contributed by atoms with E-state index in [1.54, 1.807) is 0 Å². The van der Waals surface area contributed by atoms with Gasteiger partial charge in [-0.05, 0) is 75.2 Å². The van der Waals surface area contributed by atoms with Crippen molar-refractivity contribution in [3.63, 3.8) is 0 Å². The summed E-state index contributed by atoms with van der Waals surface area (Å²) >= 11 is 0. The molecule has 1 amide bonds. The number of amides is 1. The highest BCUT2D eigenvalue weighted by Crippen LogP contribution is 2.47. The molecule has 5 aliphatic rings. The summed E-state index contributed by atoms with van der Waals surface area (Å²) in [6.45, 7) is 2.69. The number of fused-ring (bicyclic) bond motifs is 1. The van der Waals surface area contributed by atoms with E-state index in [0.717, 1.165) is 36.8 Å². The largest absolute Gasteiger partial charge is 0.338 e. The lowest BCUT2D eigenvalue weighted by Crippen LogP contribution is -2.46. The minimum atomic E-state index is 0. The lowest BCUT2D eigenvalue weighted by Gasteiger charge is -2.39. The molecule has 3 aliphatic carbocycles. The van der Waals surface area contributed by atoms with Crippen LogP contribution in [0.2, 0.25) is 0 Å². The molecule has 4 heteroatoms. The molecular formula is C16H27ClN2O. The highest BCUT2D eigenvalue weighted by atomic mass is 35.5. The second kappa shape index (κ2) is 5.84. The topological polar surface area (TPSA) is 32.3 Å². The Morgan fingerprint density at radius 1 is 1.00 bits per heavy atom. The molecule has 1 N–H and O–H groups in total. The highest BCUT2D eigenvalue weighted by Gasteiger charge is 2.43. The molecule has 3 saturated carbocycles. The number of hydrogen-bond acceptors (Lipinski definition) is 2. The average Bonchev–Trinajstić information content (AvgIpc) is 3.19. The smallest absolute Gasteiger partial charge is 0.236 e. The van der Waals surface area contributed by atoms with Crippen molar-refractivity contribution in [2.24, 2.45) is 23.7 Å². The molecule has 5 fully saturated rings. The van der Waals surface area contributed by atoms with Gasteiger partial charge in [0.05, 0.1) is 6.54 Å². The van der Waals surface area contributed by atoms with Crippen LogP contribution in [0.1, 0.15) is 44.9 Å². The van der Waals surface area contributed by atoms with Crippen LogP contribution in [0.5, 0.6) is 0 Å². The molecule has 2 unspecified atom stereocenters. The van der Waals surface area contributed by atoms with Crippen molar-refractivity contribution in [3.05, 3.63) is 0 Å². The Labute approximate surface area is 128 Å². The number of carbonyl (C=O) groups excluding carboxylic acids is 1. The van der Waals surface area contributed by atoms with Crippen molar-refractivity contribution in [2.45, 2.75) is 51.0 Å². The van der Waals surface area contributed by atoms with Gasteiger partial charge in [0.25, 0.3) is 0 Å². The van der Waals surface area contributed by atoms with E-state index in [4.69, 9.17) is 0 Å². The Kier molecular flexibility index (Phi) is 4.28. The monoisotopic (exact) mass is 298 g/mol. The van der Waals surface area contributed by atoms with Gasteiger partial charge in [-0.15, -0.1) is 12.4 Å². The fourth-order valence-corrected chi connectivity index (χ4v) is 4.90. The van der Waals surface area contributed by atoms with E-state index in [1.165, 1.54) is 44.9 Å². The molecule has 0 radical (unpaired) electrons. The second-order valence-corrected chi connectivity index (χ2v) is 7.55. The van der Waals surface area contributed by atoms with Crippen molar-refractivity contribution in [3.8, 4) is 0 Å². The van der Waals surface area contributed by atoms with Gasteiger partial charge in [-0.25, -0.2) is 0 Å². The van der Waals surface area contributed by atoms with E-state index in [-0.39, 0.29) is 12.4 Å². The van der Waals surface area contributed by atoms with Gasteiger partial charge in [-0.3, -0.25) is 4.79 Å². The number of nitrogens with zero attached hydrogens (tertiary/aromatic N) is 1. The van der Waals surface area contributed by atoms with Crippen LogP contribution in [-0.2, 0) is 4.79 Å². The predicted octanol–water partition coefficient (Wildman–Crippen LogP) is 2.44. The van der Waals surface area contributed by atoms with Gasteiger partial charge >= 0.3 is 0 Å². The second-order valence-electron chi connectivity index (χ2n) is 7.55. The SMILES string of the molecule is Cl.O=C(CNCC1CC1)N1CC2CC3CC(C2)CC1C3. The molecule has 2 heterocycles. The number of rotatable bonds is 4. The molecule has 0 aromatic carbocycles. The van der Waals surface area contributed by atoms with E-state index in [1.807, 2.05) is 0 Å².